The standard InChI is InChI=1S/C21H18ClNO5S/c22-16-7-3-1-5-14(16)20-9-10-23(11-12-29(20,26)27)21(25)19-13-17(24)15-6-2-4-8-18(15)28-19/h1-8,13,20H,9-12H2. The highest BCUT2D eigenvalue weighted by Gasteiger charge is 2.34. The number of benzene rings is 2. The summed E-state index contributed by atoms with van der Waals surface area (Å²) in [7, 11) is -3.50. The normalized spacial score (nSPS) is 19.1. The molecule has 1 aromatic heterocycles. The quantitative estimate of drug-likeness (QED) is 0.620. The zero-order valence-electron chi connectivity index (χ0n) is 15.4. The number of nitrogens with zero attached hydrogens (tertiary/aromatic N) is 1. The molecule has 0 radical (unpaired) electrons. The predicted octanol–water partition coefficient (Wildman–Crippen LogP) is 3.45. The van der Waals surface area contributed by atoms with Gasteiger partial charge in [-0.2, -0.15) is 0 Å². The van der Waals surface area contributed by atoms with E-state index < -0.39 is 21.0 Å². The van der Waals surface area contributed by atoms with E-state index in [9.17, 15) is 18.0 Å². The van der Waals surface area contributed by atoms with E-state index in [1.165, 1.54) is 4.90 Å². The zero-order chi connectivity index (χ0) is 20.6. The van der Waals surface area contributed by atoms with Crippen molar-refractivity contribution in [2.75, 3.05) is 18.8 Å². The van der Waals surface area contributed by atoms with Crippen molar-refractivity contribution in [2.45, 2.75) is 11.7 Å². The largest absolute Gasteiger partial charge is 0.451 e. The molecular formula is C21H18ClNO5S. The van der Waals surface area contributed by atoms with Crippen LogP contribution >= 0.6 is 11.6 Å². The fourth-order valence-corrected chi connectivity index (χ4v) is 5.75. The smallest absolute Gasteiger partial charge is 0.289 e. The predicted molar refractivity (Wildman–Crippen MR) is 111 cm³/mol. The summed E-state index contributed by atoms with van der Waals surface area (Å²) in [5.41, 5.74) is 0.548. The van der Waals surface area contributed by atoms with Gasteiger partial charge in [0.25, 0.3) is 5.91 Å². The number of rotatable bonds is 2. The molecule has 1 unspecified atom stereocenters. The maximum Gasteiger partial charge on any atom is 0.289 e. The first-order valence-corrected chi connectivity index (χ1v) is 11.2. The molecule has 8 heteroatoms. The third-order valence-corrected chi connectivity index (χ3v) is 7.58. The van der Waals surface area contributed by atoms with Gasteiger partial charge in [0.1, 0.15) is 5.58 Å². The van der Waals surface area contributed by atoms with Crippen molar-refractivity contribution in [1.29, 1.82) is 0 Å². The van der Waals surface area contributed by atoms with Gasteiger partial charge in [-0.15, -0.1) is 0 Å². The van der Waals surface area contributed by atoms with Gasteiger partial charge in [-0.1, -0.05) is 41.9 Å². The van der Waals surface area contributed by atoms with Crippen LogP contribution in [-0.2, 0) is 9.84 Å². The molecular weight excluding hydrogens is 414 g/mol. The number of halogens is 1. The summed E-state index contributed by atoms with van der Waals surface area (Å²) in [6, 6.07) is 14.7. The molecule has 0 aliphatic carbocycles. The van der Waals surface area contributed by atoms with Crippen LogP contribution in [0, 0.1) is 0 Å². The lowest BCUT2D eigenvalue weighted by Gasteiger charge is -2.19. The van der Waals surface area contributed by atoms with Gasteiger partial charge < -0.3 is 9.32 Å². The maximum atomic E-state index is 12.9. The SMILES string of the molecule is O=C(c1cc(=O)c2ccccc2o1)N1CCC(c2ccccc2Cl)S(=O)(=O)CC1. The van der Waals surface area contributed by atoms with Crippen LogP contribution in [0.1, 0.15) is 27.8 Å². The van der Waals surface area contributed by atoms with Crippen molar-refractivity contribution < 1.29 is 17.6 Å². The van der Waals surface area contributed by atoms with Gasteiger partial charge in [-0.05, 0) is 30.2 Å². The Hall–Kier alpha value is -2.64. The molecule has 0 bridgehead atoms. The number of carbonyl (C=O) groups excluding carboxylic acids is 1. The molecule has 1 aliphatic heterocycles. The molecule has 1 saturated heterocycles. The molecule has 1 aliphatic rings. The zero-order valence-corrected chi connectivity index (χ0v) is 16.9. The van der Waals surface area contributed by atoms with Gasteiger partial charge in [-0.25, -0.2) is 8.42 Å². The van der Waals surface area contributed by atoms with Crippen LogP contribution in [0.3, 0.4) is 0 Å². The Morgan fingerprint density at radius 2 is 1.79 bits per heavy atom. The fraction of sp³-hybridized carbons (Fsp3) is 0.238. The lowest BCUT2D eigenvalue weighted by Crippen LogP contribution is -2.34. The van der Waals surface area contributed by atoms with Crippen LogP contribution in [0.2, 0.25) is 5.02 Å². The maximum absolute atomic E-state index is 12.9. The first-order chi connectivity index (χ1) is 13.9. The number of amides is 1. The third-order valence-electron chi connectivity index (χ3n) is 5.13. The number of carbonyl (C=O) groups is 1. The van der Waals surface area contributed by atoms with E-state index in [0.717, 1.165) is 6.07 Å². The monoisotopic (exact) mass is 431 g/mol. The summed E-state index contributed by atoms with van der Waals surface area (Å²) in [4.78, 5) is 26.7. The molecule has 0 saturated carbocycles. The molecule has 6 nitrogen and oxygen atoms in total. The Kier molecular flexibility index (Phi) is 5.19. The summed E-state index contributed by atoms with van der Waals surface area (Å²) in [5, 5.41) is 0.000247. The van der Waals surface area contributed by atoms with E-state index in [4.69, 9.17) is 16.0 Å². The first kappa shape index (κ1) is 19.7. The van der Waals surface area contributed by atoms with Crippen molar-refractivity contribution in [1.82, 2.24) is 4.90 Å². The number of fused-ring (bicyclic) bond motifs is 1. The number of para-hydroxylation sites is 1. The highest BCUT2D eigenvalue weighted by molar-refractivity contribution is 7.91. The van der Waals surface area contributed by atoms with Crippen molar-refractivity contribution >= 4 is 38.3 Å². The Labute approximate surface area is 172 Å². The van der Waals surface area contributed by atoms with Crippen LogP contribution in [0.4, 0.5) is 0 Å². The highest BCUT2D eigenvalue weighted by atomic mass is 35.5. The molecule has 1 amide bonds. The minimum Gasteiger partial charge on any atom is -0.451 e. The lowest BCUT2D eigenvalue weighted by atomic mass is 10.1. The van der Waals surface area contributed by atoms with E-state index in [2.05, 4.69) is 0 Å². The summed E-state index contributed by atoms with van der Waals surface area (Å²) in [5.74, 6) is -0.781. The van der Waals surface area contributed by atoms with E-state index in [-0.39, 0.29) is 36.5 Å². The van der Waals surface area contributed by atoms with Crippen LogP contribution in [0.15, 0.2) is 63.8 Å². The molecule has 150 valence electrons. The van der Waals surface area contributed by atoms with Crippen molar-refractivity contribution in [3.05, 3.63) is 81.2 Å². The number of sulfone groups is 1. The van der Waals surface area contributed by atoms with Gasteiger partial charge in [0, 0.05) is 24.2 Å². The van der Waals surface area contributed by atoms with Crippen molar-refractivity contribution in [3.63, 3.8) is 0 Å². The number of hydrogen-bond acceptors (Lipinski definition) is 5. The van der Waals surface area contributed by atoms with Crippen LogP contribution in [-0.4, -0.2) is 38.1 Å². The van der Waals surface area contributed by atoms with Gasteiger partial charge in [0.05, 0.1) is 16.4 Å². The Morgan fingerprint density at radius 3 is 2.59 bits per heavy atom. The molecule has 2 aromatic carbocycles. The topological polar surface area (TPSA) is 84.7 Å². The summed E-state index contributed by atoms with van der Waals surface area (Å²) >= 11 is 6.21. The van der Waals surface area contributed by atoms with Crippen molar-refractivity contribution in [2.24, 2.45) is 0 Å². The third kappa shape index (κ3) is 3.80. The molecule has 0 N–H and O–H groups in total. The molecule has 1 fully saturated rings. The van der Waals surface area contributed by atoms with Crippen LogP contribution in [0.5, 0.6) is 0 Å². The second kappa shape index (κ2) is 7.65. The Bertz CT molecular complexity index is 1250. The highest BCUT2D eigenvalue weighted by Crippen LogP contribution is 2.34. The van der Waals surface area contributed by atoms with Gasteiger partial charge in [-0.3, -0.25) is 9.59 Å². The number of hydrogen-bond donors (Lipinski definition) is 0. The Balaban J connectivity index is 1.64. The average Bonchev–Trinajstić information content (AvgIpc) is 2.86. The van der Waals surface area contributed by atoms with Crippen LogP contribution in [0.25, 0.3) is 11.0 Å². The molecule has 2 heterocycles. The van der Waals surface area contributed by atoms with E-state index in [0.29, 0.717) is 21.6 Å². The molecule has 0 spiro atoms. The van der Waals surface area contributed by atoms with Crippen LogP contribution < -0.4 is 5.43 Å². The summed E-state index contributed by atoms with van der Waals surface area (Å²) in [6.07, 6.45) is 0.218. The van der Waals surface area contributed by atoms with Gasteiger partial charge in [0.15, 0.2) is 21.0 Å². The minimum atomic E-state index is -3.50. The second-order valence-electron chi connectivity index (χ2n) is 6.93. The van der Waals surface area contributed by atoms with Gasteiger partial charge >= 0.3 is 0 Å². The fourth-order valence-electron chi connectivity index (χ4n) is 3.60. The van der Waals surface area contributed by atoms with E-state index in [1.807, 2.05) is 0 Å². The van der Waals surface area contributed by atoms with Gasteiger partial charge in [0.2, 0.25) is 0 Å². The summed E-state index contributed by atoms with van der Waals surface area (Å²) in [6.45, 7) is 0.239. The average molecular weight is 432 g/mol. The summed E-state index contributed by atoms with van der Waals surface area (Å²) < 4.78 is 31.3. The molecule has 3 aromatic rings. The lowest BCUT2D eigenvalue weighted by molar-refractivity contribution is 0.0735. The van der Waals surface area contributed by atoms with Crippen molar-refractivity contribution in [3.8, 4) is 0 Å². The second-order valence-corrected chi connectivity index (χ2v) is 9.64. The minimum absolute atomic E-state index is 0.0264. The van der Waals surface area contributed by atoms with E-state index in [1.54, 1.807) is 48.5 Å². The first-order valence-electron chi connectivity index (χ1n) is 9.15. The molecule has 1 atom stereocenters. The molecule has 29 heavy (non-hydrogen) atoms. The molecule has 4 rings (SSSR count). The van der Waals surface area contributed by atoms with E-state index >= 15 is 0 Å². The Morgan fingerprint density at radius 1 is 1.07 bits per heavy atom.